The zero-order valence-electron chi connectivity index (χ0n) is 18.6. The summed E-state index contributed by atoms with van der Waals surface area (Å²) in [5.41, 5.74) is 12.2. The summed E-state index contributed by atoms with van der Waals surface area (Å²) in [6.07, 6.45) is -4.44. The fraction of sp³-hybridized carbons (Fsp3) is 0.0357. The summed E-state index contributed by atoms with van der Waals surface area (Å²) in [5, 5.41) is 10.8. The van der Waals surface area contributed by atoms with Crippen molar-refractivity contribution in [3.8, 4) is 33.5 Å². The third kappa shape index (κ3) is 3.85. The van der Waals surface area contributed by atoms with Gasteiger partial charge in [-0.1, -0.05) is 54.6 Å². The van der Waals surface area contributed by atoms with Crippen molar-refractivity contribution in [2.75, 3.05) is 5.73 Å². The van der Waals surface area contributed by atoms with Crippen molar-refractivity contribution >= 4 is 38.1 Å². The fourth-order valence-corrected chi connectivity index (χ4v) is 5.12. The number of rotatable bonds is 3. The number of hydrogen-bond acceptors (Lipinski definition) is 5. The van der Waals surface area contributed by atoms with Crippen LogP contribution < -0.4 is 5.73 Å². The molecule has 8 heteroatoms. The third-order valence-corrected chi connectivity index (χ3v) is 6.94. The van der Waals surface area contributed by atoms with Crippen molar-refractivity contribution in [1.82, 2.24) is 15.2 Å². The first kappa shape index (κ1) is 22.2. The minimum atomic E-state index is -4.44. The lowest BCUT2D eigenvalue weighted by Crippen LogP contribution is -2.05. The standard InChI is InChI=1S/C28H17F3N4S/c29-28(30,31)21-10-7-17(8-11-21)24-25(19-9-12-22-23(14-19)36-15-33-22)27(32)35-34-26(24)20-6-5-16-3-1-2-4-18(16)13-20/h1-15H,(H2,32,35). The van der Waals surface area contributed by atoms with E-state index in [1.165, 1.54) is 23.5 Å². The smallest absolute Gasteiger partial charge is 0.382 e. The Morgan fingerprint density at radius 1 is 0.694 bits per heavy atom. The van der Waals surface area contributed by atoms with Crippen LogP contribution in [0.15, 0.2) is 90.4 Å². The summed E-state index contributed by atoms with van der Waals surface area (Å²) in [6, 6.07) is 24.7. The van der Waals surface area contributed by atoms with Gasteiger partial charge in [0.25, 0.3) is 0 Å². The lowest BCUT2D eigenvalue weighted by atomic mass is 9.90. The number of anilines is 1. The van der Waals surface area contributed by atoms with Gasteiger partial charge in [0.15, 0.2) is 5.82 Å². The molecule has 2 N–H and O–H groups in total. The van der Waals surface area contributed by atoms with E-state index in [0.29, 0.717) is 22.4 Å². The molecule has 0 fully saturated rings. The number of alkyl halides is 3. The Morgan fingerprint density at radius 2 is 1.42 bits per heavy atom. The average Bonchev–Trinajstić information content (AvgIpc) is 3.36. The highest BCUT2D eigenvalue weighted by molar-refractivity contribution is 7.16. The highest BCUT2D eigenvalue weighted by atomic mass is 32.1. The van der Waals surface area contributed by atoms with Crippen LogP contribution in [0.4, 0.5) is 19.0 Å². The van der Waals surface area contributed by atoms with E-state index in [2.05, 4.69) is 15.2 Å². The number of benzene rings is 4. The van der Waals surface area contributed by atoms with E-state index in [9.17, 15) is 13.2 Å². The Labute approximate surface area is 207 Å². The molecular weight excluding hydrogens is 481 g/mol. The molecule has 0 bridgehead atoms. The number of nitrogen functional groups attached to an aromatic ring is 1. The van der Waals surface area contributed by atoms with Crippen LogP contribution in [0.3, 0.4) is 0 Å². The molecular formula is C28H17F3N4S. The minimum absolute atomic E-state index is 0.193. The summed E-state index contributed by atoms with van der Waals surface area (Å²) in [4.78, 5) is 4.34. The van der Waals surface area contributed by atoms with Gasteiger partial charge < -0.3 is 5.73 Å². The summed E-state index contributed by atoms with van der Waals surface area (Å²) in [6.45, 7) is 0. The second-order valence-electron chi connectivity index (χ2n) is 8.36. The van der Waals surface area contributed by atoms with Gasteiger partial charge in [-0.15, -0.1) is 21.5 Å². The predicted molar refractivity (Wildman–Crippen MR) is 138 cm³/mol. The molecule has 0 aliphatic rings. The van der Waals surface area contributed by atoms with Gasteiger partial charge >= 0.3 is 6.18 Å². The number of nitrogens with two attached hydrogens (primary N) is 1. The number of thiazole rings is 1. The van der Waals surface area contributed by atoms with Crippen molar-refractivity contribution in [3.63, 3.8) is 0 Å². The van der Waals surface area contributed by atoms with E-state index in [4.69, 9.17) is 5.73 Å². The first-order valence-corrected chi connectivity index (χ1v) is 11.9. The summed E-state index contributed by atoms with van der Waals surface area (Å²) in [5.74, 6) is 0.193. The van der Waals surface area contributed by atoms with Crippen molar-refractivity contribution in [1.29, 1.82) is 0 Å². The van der Waals surface area contributed by atoms with Gasteiger partial charge in [-0.3, -0.25) is 0 Å². The number of halogens is 3. The first-order chi connectivity index (χ1) is 17.4. The molecule has 0 saturated carbocycles. The monoisotopic (exact) mass is 498 g/mol. The van der Waals surface area contributed by atoms with E-state index in [1.54, 1.807) is 5.51 Å². The van der Waals surface area contributed by atoms with Crippen LogP contribution in [0.1, 0.15) is 5.56 Å². The van der Waals surface area contributed by atoms with Crippen LogP contribution in [0.2, 0.25) is 0 Å². The predicted octanol–water partition coefficient (Wildman–Crippen LogP) is 7.84. The summed E-state index contributed by atoms with van der Waals surface area (Å²) in [7, 11) is 0. The first-order valence-electron chi connectivity index (χ1n) is 11.0. The molecule has 0 aliphatic carbocycles. The third-order valence-electron chi connectivity index (χ3n) is 6.14. The summed E-state index contributed by atoms with van der Waals surface area (Å²) < 4.78 is 40.8. The van der Waals surface area contributed by atoms with Crippen LogP contribution in [0.25, 0.3) is 54.5 Å². The number of aromatic nitrogens is 3. The molecule has 6 aromatic rings. The maximum Gasteiger partial charge on any atom is 0.416 e. The molecule has 0 saturated heterocycles. The van der Waals surface area contributed by atoms with Crippen molar-refractivity contribution in [2.45, 2.75) is 6.18 Å². The molecule has 0 aliphatic heterocycles. The Morgan fingerprint density at radius 3 is 2.19 bits per heavy atom. The molecule has 0 unspecified atom stereocenters. The number of nitrogens with zero attached hydrogens (tertiary/aromatic N) is 3. The van der Waals surface area contributed by atoms with Gasteiger partial charge in [0.1, 0.15) is 5.69 Å². The van der Waals surface area contributed by atoms with Crippen LogP contribution in [0.5, 0.6) is 0 Å². The zero-order valence-corrected chi connectivity index (χ0v) is 19.4. The van der Waals surface area contributed by atoms with Crippen LogP contribution >= 0.6 is 11.3 Å². The molecule has 0 radical (unpaired) electrons. The maximum atomic E-state index is 13.3. The quantitative estimate of drug-likeness (QED) is 0.270. The Kier molecular flexibility index (Phi) is 5.19. The van der Waals surface area contributed by atoms with Gasteiger partial charge in [0, 0.05) is 16.7 Å². The van der Waals surface area contributed by atoms with E-state index in [0.717, 1.165) is 44.2 Å². The van der Waals surface area contributed by atoms with Gasteiger partial charge in [-0.25, -0.2) is 4.98 Å². The lowest BCUT2D eigenvalue weighted by molar-refractivity contribution is -0.137. The molecule has 176 valence electrons. The van der Waals surface area contributed by atoms with Crippen LogP contribution in [0, 0.1) is 0 Å². The van der Waals surface area contributed by atoms with Crippen LogP contribution in [-0.4, -0.2) is 15.2 Å². The molecule has 36 heavy (non-hydrogen) atoms. The van der Waals surface area contributed by atoms with E-state index >= 15 is 0 Å². The number of fused-ring (bicyclic) bond motifs is 2. The second kappa shape index (κ2) is 8.42. The Bertz CT molecular complexity index is 1740. The highest BCUT2D eigenvalue weighted by Crippen LogP contribution is 2.43. The Hall–Kier alpha value is -4.30. The van der Waals surface area contributed by atoms with E-state index < -0.39 is 11.7 Å². The Balaban J connectivity index is 1.64. The fourth-order valence-electron chi connectivity index (χ4n) is 4.40. The molecule has 4 aromatic carbocycles. The maximum absolute atomic E-state index is 13.3. The largest absolute Gasteiger partial charge is 0.416 e. The van der Waals surface area contributed by atoms with Gasteiger partial charge in [0.2, 0.25) is 0 Å². The summed E-state index contributed by atoms with van der Waals surface area (Å²) >= 11 is 1.50. The normalized spacial score (nSPS) is 11.9. The van der Waals surface area contributed by atoms with Crippen molar-refractivity contribution in [3.05, 3.63) is 96.0 Å². The average molecular weight is 499 g/mol. The van der Waals surface area contributed by atoms with Gasteiger partial charge in [0.05, 0.1) is 21.3 Å². The van der Waals surface area contributed by atoms with E-state index in [-0.39, 0.29) is 5.82 Å². The highest BCUT2D eigenvalue weighted by Gasteiger charge is 2.30. The molecule has 0 atom stereocenters. The van der Waals surface area contributed by atoms with Gasteiger partial charge in [-0.05, 0) is 52.2 Å². The molecule has 0 amide bonds. The minimum Gasteiger partial charge on any atom is -0.382 e. The molecule has 2 aromatic heterocycles. The SMILES string of the molecule is Nc1nnc(-c2ccc3ccccc3c2)c(-c2ccc(C(F)(F)F)cc2)c1-c1ccc2ncsc2c1. The zero-order chi connectivity index (χ0) is 24.9. The molecule has 0 spiro atoms. The van der Waals surface area contributed by atoms with Crippen molar-refractivity contribution in [2.24, 2.45) is 0 Å². The molecule has 2 heterocycles. The van der Waals surface area contributed by atoms with E-state index in [1.807, 2.05) is 60.7 Å². The number of hydrogen-bond donors (Lipinski definition) is 1. The van der Waals surface area contributed by atoms with Gasteiger partial charge in [-0.2, -0.15) is 13.2 Å². The lowest BCUT2D eigenvalue weighted by Gasteiger charge is -2.17. The topological polar surface area (TPSA) is 64.7 Å². The van der Waals surface area contributed by atoms with Crippen molar-refractivity contribution < 1.29 is 13.2 Å². The second-order valence-corrected chi connectivity index (χ2v) is 9.24. The molecule has 4 nitrogen and oxygen atoms in total. The van der Waals surface area contributed by atoms with Crippen LogP contribution in [-0.2, 0) is 6.18 Å². The molecule has 6 rings (SSSR count).